The Morgan fingerprint density at radius 1 is 1.06 bits per heavy atom. The lowest BCUT2D eigenvalue weighted by Crippen LogP contribution is -2.33. The van der Waals surface area contributed by atoms with Gasteiger partial charge in [-0.1, -0.05) is 61.5 Å². The number of benzene rings is 2. The fourth-order valence-electron chi connectivity index (χ4n) is 4.08. The molecule has 2 aromatic heterocycles. The fourth-order valence-corrected chi connectivity index (χ4v) is 4.08. The predicted octanol–water partition coefficient (Wildman–Crippen LogP) is 5.66. The highest BCUT2D eigenvalue weighted by molar-refractivity contribution is 5.78. The first-order valence-corrected chi connectivity index (χ1v) is 11.5. The summed E-state index contributed by atoms with van der Waals surface area (Å²) in [5.74, 6) is 0.652. The molecule has 5 heteroatoms. The molecule has 5 nitrogen and oxygen atoms in total. The lowest BCUT2D eigenvalue weighted by Gasteiger charge is -2.21. The van der Waals surface area contributed by atoms with Crippen molar-refractivity contribution in [3.8, 4) is 5.75 Å². The van der Waals surface area contributed by atoms with Gasteiger partial charge in [0.15, 0.2) is 11.4 Å². The molecular formula is C28H31N3O2. The van der Waals surface area contributed by atoms with Crippen molar-refractivity contribution in [1.82, 2.24) is 14.7 Å². The van der Waals surface area contributed by atoms with E-state index in [9.17, 15) is 4.79 Å². The van der Waals surface area contributed by atoms with E-state index < -0.39 is 0 Å². The highest BCUT2D eigenvalue weighted by Crippen LogP contribution is 2.32. The first-order valence-electron chi connectivity index (χ1n) is 11.5. The highest BCUT2D eigenvalue weighted by Gasteiger charge is 2.24. The fraction of sp³-hybridized carbons (Fsp3) is 0.286. The number of hydrogen-bond donors (Lipinski definition) is 1. The topological polar surface area (TPSA) is 55.6 Å². The molecule has 2 heterocycles. The third kappa shape index (κ3) is 5.25. The Bertz CT molecular complexity index is 1220. The molecule has 0 radical (unpaired) electrons. The van der Waals surface area contributed by atoms with Crippen LogP contribution in [0.3, 0.4) is 0 Å². The first-order chi connectivity index (χ1) is 16.1. The standard InChI is InChI=1S/C28H31N3O2/c1-4-21(3)30-27(32)17-24(23-14-9-8-11-20(23)2)25-18-29-28-26(15-10-16-31(25)28)33-19-22-12-6-5-7-13-22/h5-16,18,21,24H,4,17,19H2,1-3H3,(H,30,32). The lowest BCUT2D eigenvalue weighted by atomic mass is 9.89. The van der Waals surface area contributed by atoms with E-state index in [4.69, 9.17) is 9.72 Å². The number of amides is 1. The maximum atomic E-state index is 12.9. The average Bonchev–Trinajstić information content (AvgIpc) is 3.27. The SMILES string of the molecule is CCC(C)NC(=O)CC(c1ccccc1C)c1cnc2c(OCc3ccccc3)cccn12. The van der Waals surface area contributed by atoms with E-state index in [0.29, 0.717) is 13.0 Å². The molecule has 1 amide bonds. The first kappa shape index (κ1) is 22.6. The van der Waals surface area contributed by atoms with Gasteiger partial charge in [0.2, 0.25) is 5.91 Å². The minimum Gasteiger partial charge on any atom is -0.485 e. The van der Waals surface area contributed by atoms with Crippen LogP contribution in [0.4, 0.5) is 0 Å². The van der Waals surface area contributed by atoms with Crippen LogP contribution >= 0.6 is 0 Å². The summed E-state index contributed by atoms with van der Waals surface area (Å²) >= 11 is 0. The Kier molecular flexibility index (Phi) is 7.08. The number of carbonyl (C=O) groups is 1. The van der Waals surface area contributed by atoms with E-state index in [1.807, 2.05) is 78.3 Å². The summed E-state index contributed by atoms with van der Waals surface area (Å²) in [7, 11) is 0. The van der Waals surface area contributed by atoms with Crippen molar-refractivity contribution in [2.45, 2.75) is 52.2 Å². The van der Waals surface area contributed by atoms with Crippen LogP contribution in [0.2, 0.25) is 0 Å². The van der Waals surface area contributed by atoms with Crippen molar-refractivity contribution >= 4 is 11.6 Å². The molecule has 170 valence electrons. The van der Waals surface area contributed by atoms with Crippen molar-refractivity contribution < 1.29 is 9.53 Å². The van der Waals surface area contributed by atoms with Crippen molar-refractivity contribution in [3.63, 3.8) is 0 Å². The van der Waals surface area contributed by atoms with Crippen LogP contribution < -0.4 is 10.1 Å². The van der Waals surface area contributed by atoms with E-state index in [-0.39, 0.29) is 17.9 Å². The normalized spacial score (nSPS) is 12.9. The quantitative estimate of drug-likeness (QED) is 0.365. The number of imidazole rings is 1. The van der Waals surface area contributed by atoms with Gasteiger partial charge in [-0.25, -0.2) is 4.98 Å². The average molecular weight is 442 g/mol. The lowest BCUT2D eigenvalue weighted by molar-refractivity contribution is -0.121. The van der Waals surface area contributed by atoms with Crippen molar-refractivity contribution in [1.29, 1.82) is 0 Å². The van der Waals surface area contributed by atoms with E-state index >= 15 is 0 Å². The molecule has 2 aromatic carbocycles. The van der Waals surface area contributed by atoms with Crippen LogP contribution in [0.1, 0.15) is 55.0 Å². The van der Waals surface area contributed by atoms with E-state index in [2.05, 4.69) is 31.3 Å². The number of carbonyl (C=O) groups excluding carboxylic acids is 1. The van der Waals surface area contributed by atoms with Gasteiger partial charge >= 0.3 is 0 Å². The molecular weight excluding hydrogens is 410 g/mol. The molecule has 0 aliphatic heterocycles. The smallest absolute Gasteiger partial charge is 0.221 e. The molecule has 1 N–H and O–H groups in total. The molecule has 0 saturated carbocycles. The van der Waals surface area contributed by atoms with Gasteiger partial charge in [-0.15, -0.1) is 0 Å². The highest BCUT2D eigenvalue weighted by atomic mass is 16.5. The van der Waals surface area contributed by atoms with Gasteiger partial charge in [-0.2, -0.15) is 0 Å². The monoisotopic (exact) mass is 441 g/mol. The van der Waals surface area contributed by atoms with Crippen molar-refractivity contribution in [2.75, 3.05) is 0 Å². The molecule has 0 fully saturated rings. The van der Waals surface area contributed by atoms with Crippen LogP contribution in [-0.2, 0) is 11.4 Å². The molecule has 0 aliphatic carbocycles. The predicted molar refractivity (Wildman–Crippen MR) is 132 cm³/mol. The minimum atomic E-state index is -0.116. The second kappa shape index (κ2) is 10.3. The maximum absolute atomic E-state index is 12.9. The Morgan fingerprint density at radius 3 is 2.58 bits per heavy atom. The summed E-state index contributed by atoms with van der Waals surface area (Å²) in [5, 5.41) is 3.12. The number of nitrogens with zero attached hydrogens (tertiary/aromatic N) is 2. The summed E-state index contributed by atoms with van der Waals surface area (Å²) in [6.45, 7) is 6.67. The Morgan fingerprint density at radius 2 is 1.82 bits per heavy atom. The Hall–Kier alpha value is -3.60. The van der Waals surface area contributed by atoms with Crippen LogP contribution in [0.25, 0.3) is 5.65 Å². The van der Waals surface area contributed by atoms with Gasteiger partial charge in [-0.05, 0) is 49.1 Å². The van der Waals surface area contributed by atoms with Gasteiger partial charge in [-0.3, -0.25) is 4.79 Å². The molecule has 33 heavy (non-hydrogen) atoms. The number of pyridine rings is 1. The second-order valence-electron chi connectivity index (χ2n) is 8.51. The number of ether oxygens (including phenoxy) is 1. The zero-order valence-corrected chi connectivity index (χ0v) is 19.5. The number of aromatic nitrogens is 2. The molecule has 4 aromatic rings. The number of nitrogens with one attached hydrogen (secondary N) is 1. The van der Waals surface area contributed by atoms with Crippen molar-refractivity contribution in [3.05, 3.63) is 102 Å². The van der Waals surface area contributed by atoms with Gasteiger partial charge in [0.1, 0.15) is 6.61 Å². The van der Waals surface area contributed by atoms with E-state index in [1.165, 1.54) is 0 Å². The Balaban J connectivity index is 1.68. The largest absolute Gasteiger partial charge is 0.485 e. The molecule has 0 bridgehead atoms. The summed E-state index contributed by atoms with van der Waals surface area (Å²) in [6, 6.07) is 22.4. The second-order valence-corrected chi connectivity index (χ2v) is 8.51. The molecule has 2 unspecified atom stereocenters. The molecule has 2 atom stereocenters. The number of fused-ring (bicyclic) bond motifs is 1. The number of aryl methyl sites for hydroxylation is 1. The third-order valence-electron chi connectivity index (χ3n) is 6.10. The van der Waals surface area contributed by atoms with Gasteiger partial charge in [0, 0.05) is 30.8 Å². The van der Waals surface area contributed by atoms with Crippen molar-refractivity contribution in [2.24, 2.45) is 0 Å². The number of hydrogen-bond acceptors (Lipinski definition) is 3. The summed E-state index contributed by atoms with van der Waals surface area (Å²) in [6.07, 6.45) is 5.12. The molecule has 0 aliphatic rings. The molecule has 0 saturated heterocycles. The van der Waals surface area contributed by atoms with E-state index in [1.54, 1.807) is 0 Å². The van der Waals surface area contributed by atoms with Crippen LogP contribution in [-0.4, -0.2) is 21.3 Å². The zero-order chi connectivity index (χ0) is 23.2. The molecule has 4 rings (SSSR count). The van der Waals surface area contributed by atoms with Crippen LogP contribution in [0, 0.1) is 6.92 Å². The third-order valence-corrected chi connectivity index (χ3v) is 6.10. The molecule has 0 spiro atoms. The zero-order valence-electron chi connectivity index (χ0n) is 19.5. The van der Waals surface area contributed by atoms with Crippen LogP contribution in [0.5, 0.6) is 5.75 Å². The maximum Gasteiger partial charge on any atom is 0.221 e. The number of rotatable bonds is 9. The summed E-state index contributed by atoms with van der Waals surface area (Å²) in [5.41, 5.74) is 5.12. The minimum absolute atomic E-state index is 0.0454. The van der Waals surface area contributed by atoms with Gasteiger partial charge in [0.05, 0.1) is 5.69 Å². The van der Waals surface area contributed by atoms with Crippen LogP contribution in [0.15, 0.2) is 79.1 Å². The van der Waals surface area contributed by atoms with Gasteiger partial charge < -0.3 is 14.5 Å². The summed E-state index contributed by atoms with van der Waals surface area (Å²) in [4.78, 5) is 17.6. The van der Waals surface area contributed by atoms with Gasteiger partial charge in [0.25, 0.3) is 0 Å². The van der Waals surface area contributed by atoms with E-state index in [0.717, 1.165) is 40.2 Å². The summed E-state index contributed by atoms with van der Waals surface area (Å²) < 4.78 is 8.16. The Labute approximate surface area is 195 Å².